The number of hydrogen-bond acceptors (Lipinski definition) is 3. The van der Waals surface area contributed by atoms with Gasteiger partial charge in [-0.15, -0.1) is 0 Å². The molecule has 1 fully saturated rings. The van der Waals surface area contributed by atoms with Crippen molar-refractivity contribution in [1.82, 2.24) is 0 Å². The van der Waals surface area contributed by atoms with Crippen LogP contribution in [0.3, 0.4) is 0 Å². The molecule has 1 aliphatic heterocycles. The second-order valence-corrected chi connectivity index (χ2v) is 4.84. The van der Waals surface area contributed by atoms with Gasteiger partial charge >= 0.3 is 6.16 Å². The molecule has 0 aliphatic carbocycles. The molecular weight excluding hydrogens is 216 g/mol. The Morgan fingerprint density at radius 1 is 1.29 bits per heavy atom. The molecule has 0 saturated carbocycles. The second kappa shape index (κ2) is 3.91. The average Bonchev–Trinajstić information content (AvgIpc) is 2.52. The molecule has 17 heavy (non-hydrogen) atoms. The van der Waals surface area contributed by atoms with Crippen molar-refractivity contribution in [3.8, 4) is 0 Å². The summed E-state index contributed by atoms with van der Waals surface area (Å²) in [5, 5.41) is 0. The molecule has 1 unspecified atom stereocenters. The predicted molar refractivity (Wildman–Crippen MR) is 65.6 cm³/mol. The number of carbonyl (C=O) groups is 1. The summed E-state index contributed by atoms with van der Waals surface area (Å²) in [6.07, 6.45) is -1.06. The van der Waals surface area contributed by atoms with Crippen molar-refractivity contribution in [2.24, 2.45) is 0 Å². The summed E-state index contributed by atoms with van der Waals surface area (Å²) >= 11 is 0. The highest BCUT2D eigenvalue weighted by Gasteiger charge is 2.45. The number of aryl methyl sites for hydroxylation is 1. The summed E-state index contributed by atoms with van der Waals surface area (Å²) in [5.41, 5.74) is 2.24. The number of rotatable bonds is 2. The van der Waals surface area contributed by atoms with E-state index in [1.165, 1.54) is 5.56 Å². The molecule has 2 rings (SSSR count). The first-order valence-electron chi connectivity index (χ1n) is 5.55. The number of cyclic esters (lactones) is 2. The van der Waals surface area contributed by atoms with Gasteiger partial charge in [0.1, 0.15) is 0 Å². The van der Waals surface area contributed by atoms with Gasteiger partial charge < -0.3 is 9.47 Å². The van der Waals surface area contributed by atoms with Crippen molar-refractivity contribution in [1.29, 1.82) is 0 Å². The average molecular weight is 232 g/mol. The molecule has 0 radical (unpaired) electrons. The summed E-state index contributed by atoms with van der Waals surface area (Å²) < 4.78 is 10.3. The van der Waals surface area contributed by atoms with Gasteiger partial charge in [-0.2, -0.15) is 0 Å². The van der Waals surface area contributed by atoms with Crippen LogP contribution in [0.25, 0.3) is 5.57 Å². The SMILES string of the molecule is C=C(c1ccc(C)cc1)C1OC(=O)OC1(C)C. The first-order valence-corrected chi connectivity index (χ1v) is 5.55. The molecule has 3 heteroatoms. The zero-order chi connectivity index (χ0) is 12.6. The van der Waals surface area contributed by atoms with Crippen molar-refractivity contribution < 1.29 is 14.3 Å². The minimum absolute atomic E-state index is 0.433. The maximum absolute atomic E-state index is 11.2. The van der Waals surface area contributed by atoms with E-state index in [1.54, 1.807) is 0 Å². The third kappa shape index (κ3) is 2.18. The lowest BCUT2D eigenvalue weighted by molar-refractivity contribution is 0.0780. The van der Waals surface area contributed by atoms with Gasteiger partial charge in [0.2, 0.25) is 0 Å². The van der Waals surface area contributed by atoms with Crippen LogP contribution in [0.2, 0.25) is 0 Å². The fraction of sp³-hybridized carbons (Fsp3) is 0.357. The monoisotopic (exact) mass is 232 g/mol. The van der Waals surface area contributed by atoms with Gasteiger partial charge in [0.05, 0.1) is 0 Å². The molecule has 1 aromatic rings. The number of hydrogen-bond donors (Lipinski definition) is 0. The molecule has 0 aromatic heterocycles. The van der Waals surface area contributed by atoms with Gasteiger partial charge in [-0.05, 0) is 31.9 Å². The zero-order valence-electron chi connectivity index (χ0n) is 10.3. The first kappa shape index (κ1) is 11.7. The van der Waals surface area contributed by atoms with Gasteiger partial charge in [-0.3, -0.25) is 0 Å². The lowest BCUT2D eigenvalue weighted by Gasteiger charge is -2.23. The molecule has 0 bridgehead atoms. The van der Waals surface area contributed by atoms with Gasteiger partial charge in [-0.25, -0.2) is 4.79 Å². The topological polar surface area (TPSA) is 35.5 Å². The summed E-state index contributed by atoms with van der Waals surface area (Å²) in [4.78, 5) is 11.2. The van der Waals surface area contributed by atoms with Gasteiger partial charge in [0.15, 0.2) is 11.7 Å². The van der Waals surface area contributed by atoms with E-state index in [0.29, 0.717) is 0 Å². The lowest BCUT2D eigenvalue weighted by atomic mass is 9.91. The van der Waals surface area contributed by atoms with Crippen LogP contribution < -0.4 is 0 Å². The minimum atomic E-state index is -0.668. The van der Waals surface area contributed by atoms with Crippen molar-refractivity contribution >= 4 is 11.7 Å². The largest absolute Gasteiger partial charge is 0.509 e. The Kier molecular flexibility index (Phi) is 2.69. The highest BCUT2D eigenvalue weighted by molar-refractivity contribution is 5.74. The van der Waals surface area contributed by atoms with Crippen LogP contribution in [0, 0.1) is 6.92 Å². The van der Waals surface area contributed by atoms with Crippen LogP contribution in [0.5, 0.6) is 0 Å². The summed E-state index contributed by atoms with van der Waals surface area (Å²) in [6, 6.07) is 7.95. The molecule has 90 valence electrons. The number of benzene rings is 1. The van der Waals surface area contributed by atoms with Crippen LogP contribution in [0.4, 0.5) is 4.79 Å². The van der Waals surface area contributed by atoms with Gasteiger partial charge in [-0.1, -0.05) is 36.4 Å². The Morgan fingerprint density at radius 2 is 1.88 bits per heavy atom. The summed E-state index contributed by atoms with van der Waals surface area (Å²) in [7, 11) is 0. The number of carbonyl (C=O) groups excluding carboxylic acids is 1. The van der Waals surface area contributed by atoms with Crippen molar-refractivity contribution in [3.05, 3.63) is 42.0 Å². The van der Waals surface area contributed by atoms with E-state index >= 15 is 0 Å². The van der Waals surface area contributed by atoms with Crippen molar-refractivity contribution in [3.63, 3.8) is 0 Å². The quantitative estimate of drug-likeness (QED) is 0.734. The highest BCUT2D eigenvalue weighted by atomic mass is 16.8. The van der Waals surface area contributed by atoms with E-state index in [4.69, 9.17) is 9.47 Å². The summed E-state index contributed by atoms with van der Waals surface area (Å²) in [5.74, 6) is 0. The minimum Gasteiger partial charge on any atom is -0.424 e. The lowest BCUT2D eigenvalue weighted by Crippen LogP contribution is -2.33. The van der Waals surface area contributed by atoms with Crippen LogP contribution in [0.1, 0.15) is 25.0 Å². The Bertz CT molecular complexity index is 457. The molecule has 1 aliphatic rings. The Morgan fingerprint density at radius 3 is 2.35 bits per heavy atom. The molecule has 0 amide bonds. The third-order valence-electron chi connectivity index (χ3n) is 2.93. The maximum atomic E-state index is 11.2. The van der Waals surface area contributed by atoms with E-state index in [1.807, 2.05) is 45.0 Å². The predicted octanol–water partition coefficient (Wildman–Crippen LogP) is 3.32. The fourth-order valence-corrected chi connectivity index (χ4v) is 1.94. The van der Waals surface area contributed by atoms with Crippen LogP contribution in [-0.4, -0.2) is 17.9 Å². The third-order valence-corrected chi connectivity index (χ3v) is 2.93. The summed E-state index contributed by atoms with van der Waals surface area (Å²) in [6.45, 7) is 9.68. The van der Waals surface area contributed by atoms with Crippen LogP contribution in [0.15, 0.2) is 30.8 Å². The molecular formula is C14H16O3. The zero-order valence-corrected chi connectivity index (χ0v) is 10.3. The van der Waals surface area contributed by atoms with E-state index in [9.17, 15) is 4.79 Å². The Hall–Kier alpha value is -1.77. The van der Waals surface area contributed by atoms with Gasteiger partial charge in [0.25, 0.3) is 0 Å². The van der Waals surface area contributed by atoms with Crippen molar-refractivity contribution in [2.45, 2.75) is 32.5 Å². The van der Waals surface area contributed by atoms with E-state index < -0.39 is 17.9 Å². The molecule has 1 atom stereocenters. The Balaban J connectivity index is 2.26. The molecule has 1 heterocycles. The van der Waals surface area contributed by atoms with Crippen LogP contribution in [-0.2, 0) is 9.47 Å². The molecule has 0 N–H and O–H groups in total. The van der Waals surface area contributed by atoms with E-state index in [0.717, 1.165) is 11.1 Å². The van der Waals surface area contributed by atoms with E-state index in [-0.39, 0.29) is 0 Å². The van der Waals surface area contributed by atoms with E-state index in [2.05, 4.69) is 6.58 Å². The van der Waals surface area contributed by atoms with Crippen molar-refractivity contribution in [2.75, 3.05) is 0 Å². The molecule has 1 saturated heterocycles. The molecule has 3 nitrogen and oxygen atoms in total. The smallest absolute Gasteiger partial charge is 0.424 e. The Labute approximate surface area is 101 Å². The second-order valence-electron chi connectivity index (χ2n) is 4.84. The highest BCUT2D eigenvalue weighted by Crippen LogP contribution is 2.34. The molecule has 1 aromatic carbocycles. The normalized spacial score (nSPS) is 21.8. The number of ether oxygens (including phenoxy) is 2. The molecule has 0 spiro atoms. The van der Waals surface area contributed by atoms with Crippen LogP contribution >= 0.6 is 0 Å². The first-order chi connectivity index (χ1) is 7.90. The maximum Gasteiger partial charge on any atom is 0.509 e. The standard InChI is InChI=1S/C14H16O3/c1-9-5-7-11(8-6-9)10(2)12-14(3,4)17-13(15)16-12/h5-8,12H,2H2,1,3-4H3. The fourth-order valence-electron chi connectivity index (χ4n) is 1.94. The van der Waals surface area contributed by atoms with Gasteiger partial charge in [0, 0.05) is 0 Å².